The number of benzene rings is 1. The van der Waals surface area contributed by atoms with Gasteiger partial charge < -0.3 is 63.7 Å². The molecule has 3 aliphatic rings. The summed E-state index contributed by atoms with van der Waals surface area (Å²) in [6, 6.07) is 9.70. The van der Waals surface area contributed by atoms with E-state index in [-0.39, 0.29) is 38.0 Å². The Kier molecular flexibility index (Phi) is 18.2. The third kappa shape index (κ3) is 12.3. The summed E-state index contributed by atoms with van der Waals surface area (Å²) in [6.45, 7) is 17.5. The Balaban J connectivity index is 1.82. The maximum atomic E-state index is 14.4. The normalized spacial score (nSPS) is 44.1. The second-order valence-corrected chi connectivity index (χ2v) is 19.0. The van der Waals surface area contributed by atoms with Crippen molar-refractivity contribution in [2.75, 3.05) is 27.8 Å². The maximum Gasteiger partial charge on any atom is 0.311 e. The number of methoxy groups -OCH3 is 1. The number of oxime groups is 1. The van der Waals surface area contributed by atoms with Crippen LogP contribution in [0, 0.1) is 23.7 Å². The Bertz CT molecular complexity index is 1550. The van der Waals surface area contributed by atoms with E-state index in [0.29, 0.717) is 18.6 Å². The topological polar surface area (TPSA) is 198 Å². The monoisotopic (exact) mass is 867 g/mol. The van der Waals surface area contributed by atoms with Crippen molar-refractivity contribution < 1.29 is 63.6 Å². The number of aliphatic hydroxyl groups excluding tert-OH is 3. The van der Waals surface area contributed by atoms with E-state index in [2.05, 4.69) is 5.16 Å². The number of esters is 1. The van der Waals surface area contributed by atoms with Crippen LogP contribution >= 0.6 is 0 Å². The minimum atomic E-state index is -1.94. The van der Waals surface area contributed by atoms with Crippen molar-refractivity contribution in [2.45, 2.75) is 192 Å². The number of hydrogen-bond acceptors (Lipinski definition) is 15. The van der Waals surface area contributed by atoms with Gasteiger partial charge in [-0.1, -0.05) is 63.2 Å². The second kappa shape index (κ2) is 21.6. The maximum absolute atomic E-state index is 14.4. The lowest BCUT2D eigenvalue weighted by Crippen LogP contribution is -2.61. The van der Waals surface area contributed by atoms with Crippen molar-refractivity contribution in [1.82, 2.24) is 4.90 Å². The molecule has 0 aliphatic carbocycles. The first-order chi connectivity index (χ1) is 28.5. The van der Waals surface area contributed by atoms with Gasteiger partial charge >= 0.3 is 5.97 Å². The zero-order chi connectivity index (χ0) is 45.6. The van der Waals surface area contributed by atoms with E-state index in [1.165, 1.54) is 14.0 Å². The zero-order valence-corrected chi connectivity index (χ0v) is 38.9. The van der Waals surface area contributed by atoms with Crippen molar-refractivity contribution >= 4 is 11.7 Å². The van der Waals surface area contributed by atoms with Crippen LogP contribution in [0.3, 0.4) is 0 Å². The van der Waals surface area contributed by atoms with E-state index < -0.39 is 102 Å². The molecule has 15 nitrogen and oxygen atoms in total. The third-order valence-electron chi connectivity index (χ3n) is 13.6. The molecule has 0 radical (unpaired) electrons. The van der Waals surface area contributed by atoms with Crippen molar-refractivity contribution in [1.29, 1.82) is 0 Å². The predicted molar refractivity (Wildman–Crippen MR) is 229 cm³/mol. The molecule has 5 N–H and O–H groups in total. The predicted octanol–water partition coefficient (Wildman–Crippen LogP) is 4.22. The smallest absolute Gasteiger partial charge is 0.311 e. The Morgan fingerprint density at radius 2 is 1.56 bits per heavy atom. The lowest BCUT2D eigenvalue weighted by molar-refractivity contribution is -0.317. The van der Waals surface area contributed by atoms with E-state index in [4.69, 9.17) is 33.3 Å². The van der Waals surface area contributed by atoms with Crippen LogP contribution in [0.1, 0.15) is 107 Å². The Hall–Kier alpha value is -2.28. The molecule has 0 unspecified atom stereocenters. The minimum Gasteiger partial charge on any atom is -0.459 e. The van der Waals surface area contributed by atoms with Crippen LogP contribution in [-0.4, -0.2) is 154 Å². The average Bonchev–Trinajstić information content (AvgIpc) is 3.20. The lowest BCUT2D eigenvalue weighted by Gasteiger charge is -2.49. The van der Waals surface area contributed by atoms with Crippen LogP contribution in [0.5, 0.6) is 0 Å². The SMILES string of the molecule is CC[C@@H]1OC(=O)[C@H](C)[C@@H](O[C@H]2C[C@@](C)(OC)[C@@H](O)[C@H](C)O2)[C@H](C)[C@@H](O[C@@H]2O[C@H](C)C[C@H](N(C)C)[C@H]2O)[C@@](C)(O)C[C@@H](C)/C(=N/OCCCc2ccccc2)[C@@H](C)[C@@H](O)[C@]1(C)O. The number of rotatable bonds is 12. The third-order valence-corrected chi connectivity index (χ3v) is 13.6. The van der Waals surface area contributed by atoms with Gasteiger partial charge in [0.15, 0.2) is 12.6 Å². The van der Waals surface area contributed by atoms with E-state index in [0.717, 1.165) is 12.0 Å². The number of carbonyl (C=O) groups excluding carboxylic acids is 1. The van der Waals surface area contributed by atoms with Crippen LogP contribution in [-0.2, 0) is 44.5 Å². The molecular weight excluding hydrogens is 789 g/mol. The highest BCUT2D eigenvalue weighted by Crippen LogP contribution is 2.41. The summed E-state index contributed by atoms with van der Waals surface area (Å²) in [5.41, 5.74) is -3.19. The summed E-state index contributed by atoms with van der Waals surface area (Å²) in [4.78, 5) is 22.2. The molecule has 15 heteroatoms. The van der Waals surface area contributed by atoms with Gasteiger partial charge in [0.25, 0.3) is 0 Å². The van der Waals surface area contributed by atoms with E-state index in [1.807, 2.05) is 63.2 Å². The Labute approximate surface area is 364 Å². The van der Waals surface area contributed by atoms with Gasteiger partial charge in [-0.05, 0) is 93.3 Å². The summed E-state index contributed by atoms with van der Waals surface area (Å²) >= 11 is 0. The van der Waals surface area contributed by atoms with Crippen LogP contribution in [0.4, 0.5) is 0 Å². The highest BCUT2D eigenvalue weighted by Gasteiger charge is 2.53. The molecule has 1 aromatic carbocycles. The van der Waals surface area contributed by atoms with Gasteiger partial charge in [-0.15, -0.1) is 0 Å². The van der Waals surface area contributed by atoms with Gasteiger partial charge in [-0.3, -0.25) is 4.79 Å². The highest BCUT2D eigenvalue weighted by molar-refractivity contribution is 5.88. The van der Waals surface area contributed by atoms with Crippen molar-refractivity contribution in [3.8, 4) is 0 Å². The first kappa shape index (κ1) is 51.4. The summed E-state index contributed by atoms with van der Waals surface area (Å²) in [7, 11) is 5.25. The molecule has 350 valence electrons. The second-order valence-electron chi connectivity index (χ2n) is 19.0. The first-order valence-electron chi connectivity index (χ1n) is 22.2. The fraction of sp³-hybridized carbons (Fsp3) is 0.826. The molecule has 4 rings (SSSR count). The van der Waals surface area contributed by atoms with Gasteiger partial charge in [0, 0.05) is 37.3 Å². The minimum absolute atomic E-state index is 0.0105. The molecule has 61 heavy (non-hydrogen) atoms. The van der Waals surface area contributed by atoms with Crippen molar-refractivity contribution in [3.05, 3.63) is 35.9 Å². The van der Waals surface area contributed by atoms with E-state index in [1.54, 1.807) is 48.5 Å². The number of ether oxygens (including phenoxy) is 6. The molecule has 0 amide bonds. The van der Waals surface area contributed by atoms with E-state index in [9.17, 15) is 30.3 Å². The molecule has 0 aromatic heterocycles. The number of aryl methyl sites for hydroxylation is 1. The molecule has 3 fully saturated rings. The molecule has 3 saturated heterocycles. The number of carbonyl (C=O) groups is 1. The quantitative estimate of drug-likeness (QED) is 0.114. The zero-order valence-electron chi connectivity index (χ0n) is 38.9. The van der Waals surface area contributed by atoms with Crippen LogP contribution in [0.2, 0.25) is 0 Å². The lowest BCUT2D eigenvalue weighted by atomic mass is 9.73. The summed E-state index contributed by atoms with van der Waals surface area (Å²) < 4.78 is 37.9. The summed E-state index contributed by atoms with van der Waals surface area (Å²) in [6.07, 6.45) is -7.82. The van der Waals surface area contributed by atoms with Crippen molar-refractivity contribution in [3.63, 3.8) is 0 Å². The first-order valence-corrected chi connectivity index (χ1v) is 22.2. The number of aliphatic hydroxyl groups is 5. The van der Waals surface area contributed by atoms with Gasteiger partial charge in [0.1, 0.15) is 30.5 Å². The number of likely N-dealkylation sites (N-methyl/N-ethyl adjacent to an activating group) is 1. The van der Waals surface area contributed by atoms with Crippen molar-refractivity contribution in [2.24, 2.45) is 28.8 Å². The fourth-order valence-electron chi connectivity index (χ4n) is 9.70. The summed E-state index contributed by atoms with van der Waals surface area (Å²) in [5.74, 6) is -3.99. The van der Waals surface area contributed by atoms with Gasteiger partial charge in [-0.2, -0.15) is 0 Å². The van der Waals surface area contributed by atoms with Gasteiger partial charge in [-0.25, -0.2) is 0 Å². The molecule has 3 heterocycles. The largest absolute Gasteiger partial charge is 0.459 e. The molecule has 3 aliphatic heterocycles. The van der Waals surface area contributed by atoms with Crippen LogP contribution in [0.15, 0.2) is 35.5 Å². The number of nitrogens with zero attached hydrogens (tertiary/aromatic N) is 2. The molecular formula is C46H78N2O13. The Morgan fingerprint density at radius 3 is 2.16 bits per heavy atom. The molecule has 0 saturated carbocycles. The summed E-state index contributed by atoms with van der Waals surface area (Å²) in [5, 5.41) is 64.2. The molecule has 0 bridgehead atoms. The standard InChI is InChI=1S/C46H78N2O13/c1-14-34-46(10,54)39(50)28(4)36(47-56-22-18-21-32-19-16-15-17-20-32)26(2)24-44(8,53)41(61-43-37(49)33(48(11)12)23-27(3)57-43)29(5)38(30(6)42(52)59-34)60-35-25-45(9,55-13)40(51)31(7)58-35/h15-17,19-20,26-31,33-35,37-41,43,49-51,53-54H,14,18,21-25H2,1-13H3/b47-36-/t26-,27-,28-,29+,30-,31+,33+,34+,35+,37-,38+,39-,40+,41-,43+,44+,45-,46-/m1/s1. The van der Waals surface area contributed by atoms with Gasteiger partial charge in [0.05, 0.1) is 53.4 Å². The molecule has 18 atom stereocenters. The molecule has 1 aromatic rings. The fourth-order valence-corrected chi connectivity index (χ4v) is 9.70. The van der Waals surface area contributed by atoms with Crippen LogP contribution < -0.4 is 0 Å². The van der Waals surface area contributed by atoms with E-state index >= 15 is 0 Å². The van der Waals surface area contributed by atoms with Gasteiger partial charge in [0.2, 0.25) is 0 Å². The number of hydrogen-bond donors (Lipinski definition) is 5. The average molecular weight is 867 g/mol. The number of cyclic esters (lactones) is 1. The Morgan fingerprint density at radius 1 is 0.902 bits per heavy atom. The highest BCUT2D eigenvalue weighted by atomic mass is 16.7. The van der Waals surface area contributed by atoms with Crippen LogP contribution in [0.25, 0.3) is 0 Å². The molecule has 0 spiro atoms.